The van der Waals surface area contributed by atoms with Crippen molar-refractivity contribution in [1.29, 1.82) is 0 Å². The molecule has 0 bridgehead atoms. The van der Waals surface area contributed by atoms with E-state index >= 15 is 0 Å². The van der Waals surface area contributed by atoms with Crippen LogP contribution in [0.25, 0.3) is 0 Å². The number of carbonyl (C=O) groups is 1. The second-order valence-electron chi connectivity index (χ2n) is 6.26. The summed E-state index contributed by atoms with van der Waals surface area (Å²) < 4.78 is 30.6. The molecule has 0 spiro atoms. The lowest BCUT2D eigenvalue weighted by atomic mass is 10.2. The zero-order valence-electron chi connectivity index (χ0n) is 15.3. The van der Waals surface area contributed by atoms with E-state index in [1.54, 1.807) is 0 Å². The molecule has 1 fully saturated rings. The number of sulfonamides is 1. The Morgan fingerprint density at radius 3 is 2.67 bits per heavy atom. The van der Waals surface area contributed by atoms with Crippen LogP contribution in [0.2, 0.25) is 0 Å². The van der Waals surface area contributed by atoms with E-state index in [4.69, 9.17) is 4.74 Å². The molecule has 1 heterocycles. The Bertz CT molecular complexity index is 779. The van der Waals surface area contributed by atoms with E-state index in [0.717, 1.165) is 29.7 Å². The molecule has 0 radical (unpaired) electrons. The van der Waals surface area contributed by atoms with Gasteiger partial charge in [-0.3, -0.25) is 24.1 Å². The van der Waals surface area contributed by atoms with Gasteiger partial charge in [-0.25, -0.2) is 8.42 Å². The fourth-order valence-electron chi connectivity index (χ4n) is 2.86. The molecular formula is C16H24N4O6S. The number of hydrogen-bond acceptors (Lipinski definition) is 7. The van der Waals surface area contributed by atoms with Crippen molar-refractivity contribution in [3.63, 3.8) is 0 Å². The average Bonchev–Trinajstić information content (AvgIpc) is 2.61. The lowest BCUT2D eigenvalue weighted by Gasteiger charge is -2.29. The Kier molecular flexibility index (Phi) is 7.11. The van der Waals surface area contributed by atoms with E-state index in [2.05, 4.69) is 10.2 Å². The highest BCUT2D eigenvalue weighted by Crippen LogP contribution is 2.25. The average molecular weight is 400 g/mol. The number of rotatable bonds is 8. The van der Waals surface area contributed by atoms with Crippen molar-refractivity contribution in [2.24, 2.45) is 0 Å². The van der Waals surface area contributed by atoms with Crippen molar-refractivity contribution in [2.75, 3.05) is 50.0 Å². The van der Waals surface area contributed by atoms with Gasteiger partial charge in [0.25, 0.3) is 5.69 Å². The number of nitro groups is 1. The summed E-state index contributed by atoms with van der Waals surface area (Å²) in [5.74, 6) is -0.472. The van der Waals surface area contributed by atoms with E-state index in [1.807, 2.05) is 0 Å². The van der Waals surface area contributed by atoms with Crippen molar-refractivity contribution in [3.05, 3.63) is 34.4 Å². The van der Waals surface area contributed by atoms with Gasteiger partial charge in [-0.15, -0.1) is 0 Å². The standard InChI is InChI=1S/C16H24N4O6S/c1-13(16(21)17-6-7-18-8-10-26-11-9-18)19(27(2,24)25)14-4-3-5-15(12-14)20(22)23/h3-5,12-13H,6-11H2,1-2H3,(H,17,21). The van der Waals surface area contributed by atoms with Crippen molar-refractivity contribution >= 4 is 27.3 Å². The normalized spacial score (nSPS) is 16.5. The summed E-state index contributed by atoms with van der Waals surface area (Å²) >= 11 is 0. The topological polar surface area (TPSA) is 122 Å². The number of nitrogens with zero attached hydrogens (tertiary/aromatic N) is 3. The molecule has 1 aromatic carbocycles. The summed E-state index contributed by atoms with van der Waals surface area (Å²) in [7, 11) is -3.83. The highest BCUT2D eigenvalue weighted by Gasteiger charge is 2.30. The van der Waals surface area contributed by atoms with E-state index in [9.17, 15) is 23.3 Å². The predicted molar refractivity (Wildman–Crippen MR) is 100 cm³/mol. The zero-order chi connectivity index (χ0) is 20.0. The molecule has 0 aliphatic carbocycles. The molecule has 1 saturated heterocycles. The number of nitrogens with one attached hydrogen (secondary N) is 1. The smallest absolute Gasteiger partial charge is 0.271 e. The molecule has 0 aromatic heterocycles. The second kappa shape index (κ2) is 9.11. The molecule has 150 valence electrons. The van der Waals surface area contributed by atoms with Crippen LogP contribution in [0.3, 0.4) is 0 Å². The Balaban J connectivity index is 2.08. The zero-order valence-corrected chi connectivity index (χ0v) is 16.1. The van der Waals surface area contributed by atoms with Gasteiger partial charge >= 0.3 is 0 Å². The Hall–Kier alpha value is -2.24. The molecular weight excluding hydrogens is 376 g/mol. The Labute approximate surface area is 158 Å². The SMILES string of the molecule is CC(C(=O)NCCN1CCOCC1)N(c1cccc([N+](=O)[O-])c1)S(C)(=O)=O. The van der Waals surface area contributed by atoms with Gasteiger partial charge < -0.3 is 10.1 Å². The number of anilines is 1. The molecule has 1 N–H and O–H groups in total. The lowest BCUT2D eigenvalue weighted by Crippen LogP contribution is -2.49. The van der Waals surface area contributed by atoms with Gasteiger partial charge in [0.2, 0.25) is 15.9 Å². The van der Waals surface area contributed by atoms with Crippen LogP contribution >= 0.6 is 0 Å². The maximum atomic E-state index is 12.5. The number of non-ortho nitro benzene ring substituents is 1. The Morgan fingerprint density at radius 2 is 2.07 bits per heavy atom. The second-order valence-corrected chi connectivity index (χ2v) is 8.12. The van der Waals surface area contributed by atoms with Crippen LogP contribution in [-0.2, 0) is 19.6 Å². The third kappa shape index (κ3) is 5.88. The minimum Gasteiger partial charge on any atom is -0.379 e. The van der Waals surface area contributed by atoms with Crippen molar-refractivity contribution in [2.45, 2.75) is 13.0 Å². The fraction of sp³-hybridized carbons (Fsp3) is 0.562. The van der Waals surface area contributed by atoms with E-state index in [-0.39, 0.29) is 11.4 Å². The van der Waals surface area contributed by atoms with E-state index in [0.29, 0.717) is 26.3 Å². The number of morpholine rings is 1. The first-order valence-electron chi connectivity index (χ1n) is 8.52. The number of carbonyl (C=O) groups excluding carboxylic acids is 1. The van der Waals surface area contributed by atoms with Crippen LogP contribution in [0.15, 0.2) is 24.3 Å². The van der Waals surface area contributed by atoms with Crippen LogP contribution in [0.4, 0.5) is 11.4 Å². The van der Waals surface area contributed by atoms with Crippen molar-refractivity contribution in [3.8, 4) is 0 Å². The van der Waals surface area contributed by atoms with Crippen LogP contribution in [0.5, 0.6) is 0 Å². The third-order valence-electron chi connectivity index (χ3n) is 4.21. The van der Waals surface area contributed by atoms with E-state index < -0.39 is 26.9 Å². The van der Waals surface area contributed by atoms with Crippen molar-refractivity contribution < 1.29 is 22.9 Å². The van der Waals surface area contributed by atoms with Gasteiger partial charge in [0.1, 0.15) is 6.04 Å². The molecule has 1 amide bonds. The Morgan fingerprint density at radius 1 is 1.41 bits per heavy atom. The quantitative estimate of drug-likeness (QED) is 0.488. The minimum atomic E-state index is -3.83. The van der Waals surface area contributed by atoms with Gasteiger partial charge in [-0.2, -0.15) is 0 Å². The number of amides is 1. The highest BCUT2D eigenvalue weighted by molar-refractivity contribution is 7.92. The van der Waals surface area contributed by atoms with E-state index in [1.165, 1.54) is 25.1 Å². The minimum absolute atomic E-state index is 0.0718. The molecule has 0 saturated carbocycles. The largest absolute Gasteiger partial charge is 0.379 e. The first-order chi connectivity index (χ1) is 12.7. The predicted octanol–water partition coefficient (Wildman–Crippen LogP) is 0.198. The molecule has 11 heteroatoms. The first-order valence-corrected chi connectivity index (χ1v) is 10.4. The third-order valence-corrected chi connectivity index (χ3v) is 5.46. The lowest BCUT2D eigenvalue weighted by molar-refractivity contribution is -0.384. The fourth-order valence-corrected chi connectivity index (χ4v) is 4.03. The molecule has 1 aromatic rings. The van der Waals surface area contributed by atoms with Gasteiger partial charge in [0.15, 0.2) is 0 Å². The maximum Gasteiger partial charge on any atom is 0.271 e. The number of ether oxygens (including phenoxy) is 1. The van der Waals surface area contributed by atoms with Crippen LogP contribution < -0.4 is 9.62 Å². The molecule has 2 rings (SSSR count). The molecule has 27 heavy (non-hydrogen) atoms. The first kappa shape index (κ1) is 21.1. The van der Waals surface area contributed by atoms with Gasteiger partial charge in [0, 0.05) is 38.3 Å². The number of nitro benzene ring substituents is 1. The van der Waals surface area contributed by atoms with Crippen molar-refractivity contribution in [1.82, 2.24) is 10.2 Å². The molecule has 10 nitrogen and oxygen atoms in total. The van der Waals surface area contributed by atoms with Gasteiger partial charge in [-0.1, -0.05) is 6.07 Å². The summed E-state index contributed by atoms with van der Waals surface area (Å²) in [5, 5.41) is 13.7. The number of hydrogen-bond donors (Lipinski definition) is 1. The summed E-state index contributed by atoms with van der Waals surface area (Å²) in [6.45, 7) is 5.33. The molecule has 1 unspecified atom stereocenters. The highest BCUT2D eigenvalue weighted by atomic mass is 32.2. The summed E-state index contributed by atoms with van der Waals surface area (Å²) in [5.41, 5.74) is -0.177. The maximum absolute atomic E-state index is 12.5. The molecule has 1 aliphatic heterocycles. The van der Waals surface area contributed by atoms with Crippen LogP contribution in [-0.4, -0.2) is 75.8 Å². The summed E-state index contributed by atoms with van der Waals surface area (Å²) in [6.07, 6.45) is 0.962. The molecule has 1 aliphatic rings. The monoisotopic (exact) mass is 400 g/mol. The summed E-state index contributed by atoms with van der Waals surface area (Å²) in [6, 6.07) is 4.15. The van der Waals surface area contributed by atoms with Crippen LogP contribution in [0.1, 0.15) is 6.92 Å². The van der Waals surface area contributed by atoms with Gasteiger partial charge in [0.05, 0.1) is 30.1 Å². The number of benzene rings is 1. The summed E-state index contributed by atoms with van der Waals surface area (Å²) in [4.78, 5) is 25.0. The molecule has 1 atom stereocenters. The van der Waals surface area contributed by atoms with Crippen LogP contribution in [0, 0.1) is 10.1 Å². The van der Waals surface area contributed by atoms with Gasteiger partial charge in [-0.05, 0) is 13.0 Å².